The Morgan fingerprint density at radius 1 is 0.500 bits per heavy atom. The van der Waals surface area contributed by atoms with E-state index in [1.54, 1.807) is 0 Å². The van der Waals surface area contributed by atoms with Crippen molar-refractivity contribution in [2.24, 2.45) is 0 Å². The molecule has 2 saturated heterocycles. The average molecular weight is 809 g/mol. The van der Waals surface area contributed by atoms with E-state index in [9.17, 15) is 45.3 Å². The molecule has 2 heterocycles. The molecule has 0 saturated carbocycles. The van der Waals surface area contributed by atoms with Gasteiger partial charge in [-0.15, -0.1) is 0 Å². The molecule has 15 nitrogen and oxygen atoms in total. The highest BCUT2D eigenvalue weighted by molar-refractivity contribution is 5.70. The molecule has 0 aromatic carbocycles. The SMILES string of the molecule is CCCCCCCCCCCCCCCCC(=O)OC(COC(=O)CCCCCCCC)COC1OC(COC2OC(CO)C(O)C(O)C2O)C(O)C(O)C1O. The van der Waals surface area contributed by atoms with Crippen molar-refractivity contribution in [1.29, 1.82) is 0 Å². The van der Waals surface area contributed by atoms with E-state index in [2.05, 4.69) is 13.8 Å². The first kappa shape index (κ1) is 50.6. The van der Waals surface area contributed by atoms with E-state index in [1.165, 1.54) is 64.2 Å². The molecule has 0 aromatic rings. The van der Waals surface area contributed by atoms with Crippen LogP contribution in [0.2, 0.25) is 0 Å². The van der Waals surface area contributed by atoms with E-state index in [0.717, 1.165) is 51.4 Å². The Labute approximate surface area is 334 Å². The molecule has 11 unspecified atom stereocenters. The highest BCUT2D eigenvalue weighted by Crippen LogP contribution is 2.26. The molecule has 15 heteroatoms. The quantitative estimate of drug-likeness (QED) is 0.0380. The first-order valence-corrected chi connectivity index (χ1v) is 21.6. The van der Waals surface area contributed by atoms with Crippen molar-refractivity contribution in [3.63, 3.8) is 0 Å². The second-order valence-electron chi connectivity index (χ2n) is 15.5. The summed E-state index contributed by atoms with van der Waals surface area (Å²) in [6, 6.07) is 0. The Balaban J connectivity index is 1.85. The zero-order chi connectivity index (χ0) is 41.1. The summed E-state index contributed by atoms with van der Waals surface area (Å²) in [4.78, 5) is 25.4. The lowest BCUT2D eigenvalue weighted by atomic mass is 9.98. The zero-order valence-electron chi connectivity index (χ0n) is 34.1. The average Bonchev–Trinajstić information content (AvgIpc) is 3.19. The molecule has 56 heavy (non-hydrogen) atoms. The van der Waals surface area contributed by atoms with Gasteiger partial charge in [-0.1, -0.05) is 129 Å². The number of rotatable bonds is 32. The number of carbonyl (C=O) groups excluding carboxylic acids is 2. The van der Waals surface area contributed by atoms with Crippen LogP contribution in [-0.4, -0.2) is 142 Å². The van der Waals surface area contributed by atoms with Crippen LogP contribution in [0.4, 0.5) is 0 Å². The highest BCUT2D eigenvalue weighted by atomic mass is 16.7. The van der Waals surface area contributed by atoms with Gasteiger partial charge < -0.3 is 64.2 Å². The summed E-state index contributed by atoms with van der Waals surface area (Å²) in [5, 5.41) is 71.6. The van der Waals surface area contributed by atoms with Gasteiger partial charge in [-0.05, 0) is 12.8 Å². The van der Waals surface area contributed by atoms with Crippen molar-refractivity contribution >= 4 is 11.9 Å². The van der Waals surface area contributed by atoms with Gasteiger partial charge in [0.15, 0.2) is 18.7 Å². The molecule has 2 aliphatic rings. The summed E-state index contributed by atoms with van der Waals surface area (Å²) in [7, 11) is 0. The Morgan fingerprint density at radius 2 is 0.911 bits per heavy atom. The summed E-state index contributed by atoms with van der Waals surface area (Å²) in [6.45, 7) is 2.50. The largest absolute Gasteiger partial charge is 0.462 e. The maximum atomic E-state index is 12.9. The third kappa shape index (κ3) is 20.0. The Bertz CT molecular complexity index is 1000. The molecular weight excluding hydrogens is 732 g/mol. The predicted octanol–water partition coefficient (Wildman–Crippen LogP) is 3.70. The van der Waals surface area contributed by atoms with Crippen LogP contribution in [-0.2, 0) is 38.0 Å². The maximum Gasteiger partial charge on any atom is 0.306 e. The molecule has 0 spiro atoms. The molecule has 2 fully saturated rings. The Hall–Kier alpha value is -1.50. The molecule has 330 valence electrons. The lowest BCUT2D eigenvalue weighted by Crippen LogP contribution is -2.61. The van der Waals surface area contributed by atoms with Crippen LogP contribution in [0, 0.1) is 0 Å². The standard InChI is InChI=1S/C41H76O15/c1-3-5-7-9-11-12-13-14-15-16-17-18-20-22-24-33(44)54-29(26-51-32(43)23-21-19-10-8-6-4-2)27-52-40-39(50)37(48)35(46)31(56-40)28-53-41-38(49)36(47)34(45)30(25-42)55-41/h29-31,34-42,45-50H,3-28H2,1-2H3. The van der Waals surface area contributed by atoms with Crippen LogP contribution in [0.3, 0.4) is 0 Å². The number of unbranched alkanes of at least 4 members (excludes halogenated alkanes) is 18. The van der Waals surface area contributed by atoms with E-state index in [0.29, 0.717) is 12.8 Å². The van der Waals surface area contributed by atoms with Gasteiger partial charge in [0.25, 0.3) is 0 Å². The molecule has 11 atom stereocenters. The van der Waals surface area contributed by atoms with Crippen LogP contribution < -0.4 is 0 Å². The van der Waals surface area contributed by atoms with Gasteiger partial charge in [0, 0.05) is 12.8 Å². The van der Waals surface area contributed by atoms with Crippen LogP contribution >= 0.6 is 0 Å². The normalized spacial score (nSPS) is 28.6. The number of hydrogen-bond acceptors (Lipinski definition) is 15. The predicted molar refractivity (Wildman–Crippen MR) is 206 cm³/mol. The van der Waals surface area contributed by atoms with Crippen molar-refractivity contribution in [3.8, 4) is 0 Å². The highest BCUT2D eigenvalue weighted by Gasteiger charge is 2.47. The number of hydrogen-bond donors (Lipinski definition) is 7. The van der Waals surface area contributed by atoms with Crippen molar-refractivity contribution in [2.75, 3.05) is 26.4 Å². The first-order chi connectivity index (χ1) is 27.0. The monoisotopic (exact) mass is 809 g/mol. The first-order valence-electron chi connectivity index (χ1n) is 21.6. The van der Waals surface area contributed by atoms with E-state index in [-0.39, 0.29) is 26.1 Å². The molecular formula is C41H76O15. The number of aliphatic hydroxyl groups is 7. The van der Waals surface area contributed by atoms with Crippen molar-refractivity contribution in [1.82, 2.24) is 0 Å². The summed E-state index contributed by atoms with van der Waals surface area (Å²) >= 11 is 0. The molecule has 0 aliphatic carbocycles. The Morgan fingerprint density at radius 3 is 1.39 bits per heavy atom. The summed E-state index contributed by atoms with van der Waals surface area (Å²) in [6.07, 6.45) is 6.19. The molecule has 7 N–H and O–H groups in total. The second kappa shape index (κ2) is 30.5. The zero-order valence-corrected chi connectivity index (χ0v) is 34.1. The smallest absolute Gasteiger partial charge is 0.306 e. The van der Waals surface area contributed by atoms with Gasteiger partial charge in [0.1, 0.15) is 55.4 Å². The van der Waals surface area contributed by atoms with E-state index < -0.39 is 92.7 Å². The number of aliphatic hydroxyl groups excluding tert-OH is 7. The number of carbonyl (C=O) groups is 2. The fourth-order valence-corrected chi connectivity index (χ4v) is 6.92. The molecule has 0 aromatic heterocycles. The minimum Gasteiger partial charge on any atom is -0.462 e. The van der Waals surface area contributed by atoms with Crippen LogP contribution in [0.5, 0.6) is 0 Å². The lowest BCUT2D eigenvalue weighted by molar-refractivity contribution is -0.332. The molecule has 2 aliphatic heterocycles. The molecule has 2 rings (SSSR count). The molecule has 0 amide bonds. The lowest BCUT2D eigenvalue weighted by Gasteiger charge is -2.42. The summed E-state index contributed by atoms with van der Waals surface area (Å²) in [5.41, 5.74) is 0. The van der Waals surface area contributed by atoms with Gasteiger partial charge in [-0.3, -0.25) is 9.59 Å². The van der Waals surface area contributed by atoms with Crippen LogP contribution in [0.25, 0.3) is 0 Å². The minimum atomic E-state index is -1.76. The van der Waals surface area contributed by atoms with Crippen LogP contribution in [0.15, 0.2) is 0 Å². The molecule has 0 radical (unpaired) electrons. The maximum absolute atomic E-state index is 12.9. The molecule has 0 bridgehead atoms. The van der Waals surface area contributed by atoms with Crippen molar-refractivity contribution < 1.29 is 73.8 Å². The van der Waals surface area contributed by atoms with Crippen molar-refractivity contribution in [3.05, 3.63) is 0 Å². The van der Waals surface area contributed by atoms with Crippen LogP contribution in [0.1, 0.15) is 155 Å². The topological polar surface area (TPSA) is 231 Å². The number of ether oxygens (including phenoxy) is 6. The van der Waals surface area contributed by atoms with E-state index >= 15 is 0 Å². The van der Waals surface area contributed by atoms with E-state index in [1.807, 2.05) is 0 Å². The second-order valence-corrected chi connectivity index (χ2v) is 15.5. The third-order valence-corrected chi connectivity index (χ3v) is 10.6. The Kier molecular flexibility index (Phi) is 27.6. The summed E-state index contributed by atoms with van der Waals surface area (Å²) in [5.74, 6) is -0.928. The van der Waals surface area contributed by atoms with Gasteiger partial charge in [0.05, 0.1) is 19.8 Å². The number of esters is 2. The fraction of sp³-hybridized carbons (Fsp3) is 0.951. The fourth-order valence-electron chi connectivity index (χ4n) is 6.92. The van der Waals surface area contributed by atoms with E-state index in [4.69, 9.17) is 28.4 Å². The van der Waals surface area contributed by atoms with Gasteiger partial charge in [-0.25, -0.2) is 0 Å². The van der Waals surface area contributed by atoms with Gasteiger partial charge >= 0.3 is 11.9 Å². The van der Waals surface area contributed by atoms with Crippen molar-refractivity contribution in [2.45, 2.75) is 223 Å². The summed E-state index contributed by atoms with van der Waals surface area (Å²) < 4.78 is 33.3. The van der Waals surface area contributed by atoms with Gasteiger partial charge in [-0.2, -0.15) is 0 Å². The van der Waals surface area contributed by atoms with Gasteiger partial charge in [0.2, 0.25) is 0 Å². The minimum absolute atomic E-state index is 0.172. The third-order valence-electron chi connectivity index (χ3n) is 10.6.